The summed E-state index contributed by atoms with van der Waals surface area (Å²) >= 11 is 1.61. The molecule has 4 nitrogen and oxygen atoms in total. The van der Waals surface area contributed by atoms with Gasteiger partial charge in [0.25, 0.3) is 0 Å². The molecule has 0 saturated carbocycles. The second-order valence-corrected chi connectivity index (χ2v) is 5.02. The quantitative estimate of drug-likeness (QED) is 0.824. The van der Waals surface area contributed by atoms with E-state index in [1.807, 2.05) is 30.5 Å². The summed E-state index contributed by atoms with van der Waals surface area (Å²) in [5.41, 5.74) is 0.842. The average molecular weight is 266 g/mol. The third-order valence-corrected chi connectivity index (χ3v) is 3.67. The van der Waals surface area contributed by atoms with Crippen LogP contribution in [0.25, 0.3) is 0 Å². The molecule has 2 N–H and O–H groups in total. The summed E-state index contributed by atoms with van der Waals surface area (Å²) in [6.07, 6.45) is 4.28. The molecule has 1 unspecified atom stereocenters. The van der Waals surface area contributed by atoms with Gasteiger partial charge in [0.1, 0.15) is 0 Å². The summed E-state index contributed by atoms with van der Waals surface area (Å²) in [5.74, 6) is 0. The van der Waals surface area contributed by atoms with Gasteiger partial charge in [-0.25, -0.2) is 4.79 Å². The molecule has 2 amide bonds. The fraction of sp³-hybridized carbons (Fsp3) is 0.462. The molecule has 18 heavy (non-hydrogen) atoms. The van der Waals surface area contributed by atoms with Crippen molar-refractivity contribution in [2.45, 2.75) is 23.8 Å². The van der Waals surface area contributed by atoms with Crippen molar-refractivity contribution in [1.29, 1.82) is 0 Å². The highest BCUT2D eigenvalue weighted by Crippen LogP contribution is 2.24. The third-order valence-electron chi connectivity index (χ3n) is 2.87. The molecule has 0 radical (unpaired) electrons. The van der Waals surface area contributed by atoms with Crippen LogP contribution in [0.3, 0.4) is 0 Å². The number of para-hydroxylation sites is 1. The van der Waals surface area contributed by atoms with Gasteiger partial charge in [0.2, 0.25) is 0 Å². The first-order valence-corrected chi connectivity index (χ1v) is 7.31. The van der Waals surface area contributed by atoms with Crippen LogP contribution in [0.15, 0.2) is 29.2 Å². The highest BCUT2D eigenvalue weighted by molar-refractivity contribution is 7.98. The lowest BCUT2D eigenvalue weighted by Crippen LogP contribution is -2.35. The van der Waals surface area contributed by atoms with Crippen LogP contribution in [0, 0.1) is 0 Å². The van der Waals surface area contributed by atoms with Crippen molar-refractivity contribution in [2.75, 3.05) is 24.7 Å². The summed E-state index contributed by atoms with van der Waals surface area (Å²) < 4.78 is 5.45. The number of urea groups is 1. The zero-order chi connectivity index (χ0) is 12.8. The van der Waals surface area contributed by atoms with Crippen molar-refractivity contribution in [3.8, 4) is 0 Å². The average Bonchev–Trinajstić information content (AvgIpc) is 2.90. The predicted octanol–water partition coefficient (Wildman–Crippen LogP) is 2.71. The Labute approximate surface area is 111 Å². The van der Waals surface area contributed by atoms with Gasteiger partial charge in [-0.05, 0) is 31.2 Å². The number of hydrogen-bond acceptors (Lipinski definition) is 3. The van der Waals surface area contributed by atoms with Gasteiger partial charge in [0, 0.05) is 18.0 Å². The van der Waals surface area contributed by atoms with Gasteiger partial charge >= 0.3 is 6.03 Å². The number of carbonyl (C=O) groups is 1. The molecule has 1 fully saturated rings. The van der Waals surface area contributed by atoms with E-state index >= 15 is 0 Å². The molecule has 1 aliphatic heterocycles. The van der Waals surface area contributed by atoms with Crippen molar-refractivity contribution >= 4 is 23.5 Å². The molecule has 1 aliphatic rings. The minimum absolute atomic E-state index is 0.173. The maximum Gasteiger partial charge on any atom is 0.319 e. The monoisotopic (exact) mass is 266 g/mol. The van der Waals surface area contributed by atoms with Gasteiger partial charge in [0.05, 0.1) is 11.8 Å². The highest BCUT2D eigenvalue weighted by Gasteiger charge is 2.16. The zero-order valence-corrected chi connectivity index (χ0v) is 11.3. The fourth-order valence-electron chi connectivity index (χ4n) is 1.93. The van der Waals surface area contributed by atoms with Crippen LogP contribution < -0.4 is 10.6 Å². The van der Waals surface area contributed by atoms with E-state index in [1.165, 1.54) is 0 Å². The molecular weight excluding hydrogens is 248 g/mol. The van der Waals surface area contributed by atoms with E-state index in [0.29, 0.717) is 6.54 Å². The first-order chi connectivity index (χ1) is 8.79. The van der Waals surface area contributed by atoms with Crippen molar-refractivity contribution in [3.05, 3.63) is 24.3 Å². The molecule has 0 spiro atoms. The molecule has 0 aromatic heterocycles. The molecular formula is C13H18N2O2S. The van der Waals surface area contributed by atoms with E-state index in [0.717, 1.165) is 30.0 Å². The number of anilines is 1. The Balaban J connectivity index is 1.82. The van der Waals surface area contributed by atoms with E-state index in [-0.39, 0.29) is 12.1 Å². The van der Waals surface area contributed by atoms with Crippen LogP contribution in [-0.2, 0) is 4.74 Å². The van der Waals surface area contributed by atoms with Crippen LogP contribution in [0.2, 0.25) is 0 Å². The molecule has 1 atom stereocenters. The van der Waals surface area contributed by atoms with Crippen LogP contribution in [0.1, 0.15) is 12.8 Å². The van der Waals surface area contributed by atoms with Gasteiger partial charge in [-0.15, -0.1) is 11.8 Å². The van der Waals surface area contributed by atoms with E-state index < -0.39 is 0 Å². The first-order valence-electron chi connectivity index (χ1n) is 6.09. The number of thioether (sulfide) groups is 1. The number of rotatable bonds is 4. The van der Waals surface area contributed by atoms with Crippen molar-refractivity contribution in [2.24, 2.45) is 0 Å². The molecule has 0 aliphatic carbocycles. The molecule has 1 aromatic rings. The SMILES string of the molecule is CSc1ccccc1NC(=O)NCC1CCCO1. The van der Waals surface area contributed by atoms with Crippen LogP contribution in [-0.4, -0.2) is 31.5 Å². The maximum atomic E-state index is 11.8. The Hall–Kier alpha value is -1.20. The number of hydrogen-bond donors (Lipinski definition) is 2. The summed E-state index contributed by atoms with van der Waals surface area (Å²) in [7, 11) is 0. The second-order valence-electron chi connectivity index (χ2n) is 4.17. The van der Waals surface area contributed by atoms with Crippen molar-refractivity contribution < 1.29 is 9.53 Å². The minimum Gasteiger partial charge on any atom is -0.376 e. The van der Waals surface area contributed by atoms with Gasteiger partial charge in [0.15, 0.2) is 0 Å². The molecule has 98 valence electrons. The van der Waals surface area contributed by atoms with Crippen molar-refractivity contribution in [1.82, 2.24) is 5.32 Å². The van der Waals surface area contributed by atoms with E-state index in [9.17, 15) is 4.79 Å². The van der Waals surface area contributed by atoms with Crippen molar-refractivity contribution in [3.63, 3.8) is 0 Å². The topological polar surface area (TPSA) is 50.4 Å². The normalized spacial score (nSPS) is 18.6. The number of ether oxygens (including phenoxy) is 1. The summed E-state index contributed by atoms with van der Waals surface area (Å²) in [6, 6.07) is 7.58. The number of benzene rings is 1. The fourth-order valence-corrected chi connectivity index (χ4v) is 2.48. The first kappa shape index (κ1) is 13.2. The smallest absolute Gasteiger partial charge is 0.319 e. The van der Waals surface area contributed by atoms with Crippen LogP contribution >= 0.6 is 11.8 Å². The Morgan fingerprint density at radius 2 is 2.33 bits per heavy atom. The molecule has 1 saturated heterocycles. The Morgan fingerprint density at radius 3 is 3.06 bits per heavy atom. The second kappa shape index (κ2) is 6.66. The third kappa shape index (κ3) is 3.65. The van der Waals surface area contributed by atoms with Gasteiger partial charge < -0.3 is 15.4 Å². The van der Waals surface area contributed by atoms with E-state index in [2.05, 4.69) is 10.6 Å². The molecule has 0 bridgehead atoms. The summed E-state index contributed by atoms with van der Waals surface area (Å²) in [4.78, 5) is 12.8. The number of nitrogens with one attached hydrogen (secondary N) is 2. The lowest BCUT2D eigenvalue weighted by molar-refractivity contribution is 0.112. The van der Waals surface area contributed by atoms with E-state index in [1.54, 1.807) is 11.8 Å². The molecule has 2 rings (SSSR count). The number of carbonyl (C=O) groups excluding carboxylic acids is 1. The Morgan fingerprint density at radius 1 is 1.50 bits per heavy atom. The molecule has 1 aromatic carbocycles. The Bertz CT molecular complexity index is 406. The number of amides is 2. The van der Waals surface area contributed by atoms with Gasteiger partial charge in [-0.1, -0.05) is 12.1 Å². The molecule has 5 heteroatoms. The van der Waals surface area contributed by atoms with Crippen LogP contribution in [0.5, 0.6) is 0 Å². The van der Waals surface area contributed by atoms with E-state index in [4.69, 9.17) is 4.74 Å². The maximum absolute atomic E-state index is 11.8. The predicted molar refractivity (Wildman–Crippen MR) is 74.2 cm³/mol. The van der Waals surface area contributed by atoms with Crippen LogP contribution in [0.4, 0.5) is 10.5 Å². The summed E-state index contributed by atoms with van der Waals surface area (Å²) in [5, 5.41) is 5.70. The Kier molecular flexibility index (Phi) is 4.90. The van der Waals surface area contributed by atoms with Gasteiger partial charge in [-0.3, -0.25) is 0 Å². The standard InChI is InChI=1S/C13H18N2O2S/c1-18-12-7-3-2-6-11(12)15-13(16)14-9-10-5-4-8-17-10/h2-3,6-7,10H,4-5,8-9H2,1H3,(H2,14,15,16). The zero-order valence-electron chi connectivity index (χ0n) is 10.4. The largest absolute Gasteiger partial charge is 0.376 e. The summed E-state index contributed by atoms with van der Waals surface area (Å²) in [6.45, 7) is 1.39. The lowest BCUT2D eigenvalue weighted by Gasteiger charge is -2.13. The van der Waals surface area contributed by atoms with Gasteiger partial charge in [-0.2, -0.15) is 0 Å². The highest BCUT2D eigenvalue weighted by atomic mass is 32.2. The minimum atomic E-state index is -0.174. The molecule has 1 heterocycles. The lowest BCUT2D eigenvalue weighted by atomic mass is 10.2.